The van der Waals surface area contributed by atoms with Crippen LogP contribution in [-0.2, 0) is 4.79 Å². The molecule has 0 spiro atoms. The van der Waals surface area contributed by atoms with E-state index in [1.165, 1.54) is 0 Å². The second kappa shape index (κ2) is 5.94. The molecule has 0 aliphatic heterocycles. The number of amides is 1. The SMILES string of the molecule is Cc1nnc(SCC(=O)Nc2ccc(N)cc2Cl)o1. The molecule has 8 heteroatoms. The molecule has 19 heavy (non-hydrogen) atoms. The van der Waals surface area contributed by atoms with Crippen LogP contribution in [0.4, 0.5) is 11.4 Å². The van der Waals surface area contributed by atoms with Crippen molar-refractivity contribution in [1.29, 1.82) is 0 Å². The van der Waals surface area contributed by atoms with Gasteiger partial charge in [-0.3, -0.25) is 4.79 Å². The Morgan fingerprint density at radius 1 is 1.53 bits per heavy atom. The minimum absolute atomic E-state index is 0.155. The first-order valence-electron chi connectivity index (χ1n) is 5.32. The van der Waals surface area contributed by atoms with Crippen LogP contribution in [0, 0.1) is 6.92 Å². The number of thioether (sulfide) groups is 1. The fraction of sp³-hybridized carbons (Fsp3) is 0.182. The molecule has 100 valence electrons. The first kappa shape index (κ1) is 13.7. The Hall–Kier alpha value is -1.73. The van der Waals surface area contributed by atoms with Crippen LogP contribution in [0.1, 0.15) is 5.89 Å². The molecule has 2 rings (SSSR count). The third-order valence-corrected chi connectivity index (χ3v) is 3.23. The summed E-state index contributed by atoms with van der Waals surface area (Å²) in [5.74, 6) is 0.402. The number of halogens is 1. The maximum atomic E-state index is 11.7. The van der Waals surface area contributed by atoms with E-state index in [0.717, 1.165) is 11.8 Å². The molecular weight excluding hydrogens is 288 g/mol. The van der Waals surface area contributed by atoms with Crippen molar-refractivity contribution in [2.24, 2.45) is 0 Å². The van der Waals surface area contributed by atoms with Crippen LogP contribution < -0.4 is 11.1 Å². The summed E-state index contributed by atoms with van der Waals surface area (Å²) in [6.07, 6.45) is 0. The minimum Gasteiger partial charge on any atom is -0.416 e. The van der Waals surface area contributed by atoms with Crippen molar-refractivity contribution >= 4 is 40.6 Å². The zero-order valence-corrected chi connectivity index (χ0v) is 11.6. The molecule has 0 saturated carbocycles. The first-order chi connectivity index (χ1) is 9.04. The molecular formula is C11H11ClN4O2S. The van der Waals surface area contributed by atoms with Crippen LogP contribution in [0.3, 0.4) is 0 Å². The standard InChI is InChI=1S/C11H11ClN4O2S/c1-6-15-16-11(18-6)19-5-10(17)14-9-3-2-7(13)4-8(9)12/h2-4H,5,13H2,1H3,(H,14,17). The number of carbonyl (C=O) groups excluding carboxylic acids is 1. The van der Waals surface area contributed by atoms with Crippen molar-refractivity contribution < 1.29 is 9.21 Å². The van der Waals surface area contributed by atoms with Gasteiger partial charge in [-0.05, 0) is 18.2 Å². The van der Waals surface area contributed by atoms with Gasteiger partial charge in [0.1, 0.15) is 0 Å². The monoisotopic (exact) mass is 298 g/mol. The first-order valence-corrected chi connectivity index (χ1v) is 6.69. The average molecular weight is 299 g/mol. The number of nitrogen functional groups attached to an aromatic ring is 1. The van der Waals surface area contributed by atoms with E-state index in [1.807, 2.05) is 0 Å². The van der Waals surface area contributed by atoms with E-state index in [2.05, 4.69) is 15.5 Å². The maximum Gasteiger partial charge on any atom is 0.277 e. The molecule has 0 aliphatic carbocycles. The predicted molar refractivity (Wildman–Crippen MR) is 74.3 cm³/mol. The number of nitrogens with zero attached hydrogens (tertiary/aromatic N) is 2. The molecule has 1 heterocycles. The van der Waals surface area contributed by atoms with Crippen molar-refractivity contribution in [3.05, 3.63) is 29.1 Å². The number of benzene rings is 1. The van der Waals surface area contributed by atoms with Gasteiger partial charge in [0.05, 0.1) is 16.5 Å². The maximum absolute atomic E-state index is 11.7. The normalized spacial score (nSPS) is 10.4. The lowest BCUT2D eigenvalue weighted by Gasteiger charge is -2.06. The summed E-state index contributed by atoms with van der Waals surface area (Å²) >= 11 is 7.11. The van der Waals surface area contributed by atoms with Gasteiger partial charge < -0.3 is 15.5 Å². The minimum atomic E-state index is -0.215. The molecule has 0 bridgehead atoms. The number of nitrogens with two attached hydrogens (primary N) is 1. The van der Waals surface area contributed by atoms with Gasteiger partial charge in [0, 0.05) is 12.6 Å². The summed E-state index contributed by atoms with van der Waals surface area (Å²) in [5, 5.41) is 10.9. The Morgan fingerprint density at radius 3 is 2.95 bits per heavy atom. The van der Waals surface area contributed by atoms with E-state index in [4.69, 9.17) is 21.8 Å². The van der Waals surface area contributed by atoms with Crippen LogP contribution in [0.25, 0.3) is 0 Å². The van der Waals surface area contributed by atoms with Gasteiger partial charge in [0.25, 0.3) is 5.22 Å². The van der Waals surface area contributed by atoms with Gasteiger partial charge in [0.15, 0.2) is 0 Å². The summed E-state index contributed by atoms with van der Waals surface area (Å²) < 4.78 is 5.14. The van der Waals surface area contributed by atoms with Crippen LogP contribution in [0.15, 0.2) is 27.8 Å². The van der Waals surface area contributed by atoms with E-state index < -0.39 is 0 Å². The Kier molecular flexibility index (Phi) is 4.28. The van der Waals surface area contributed by atoms with E-state index in [0.29, 0.717) is 27.5 Å². The van der Waals surface area contributed by atoms with Crippen LogP contribution in [-0.4, -0.2) is 21.9 Å². The highest BCUT2D eigenvalue weighted by Gasteiger charge is 2.09. The molecule has 0 saturated heterocycles. The number of nitrogens with one attached hydrogen (secondary N) is 1. The molecule has 1 amide bonds. The number of hydrogen-bond acceptors (Lipinski definition) is 6. The lowest BCUT2D eigenvalue weighted by Crippen LogP contribution is -2.14. The second-order valence-corrected chi connectivity index (χ2v) is 5.00. The number of aromatic nitrogens is 2. The van der Waals surface area contributed by atoms with Crippen LogP contribution in [0.2, 0.25) is 5.02 Å². The number of rotatable bonds is 4. The highest BCUT2D eigenvalue weighted by Crippen LogP contribution is 2.24. The topological polar surface area (TPSA) is 94.0 Å². The number of anilines is 2. The van der Waals surface area contributed by atoms with E-state index in [9.17, 15) is 4.79 Å². The molecule has 0 unspecified atom stereocenters. The third-order valence-electron chi connectivity index (χ3n) is 2.10. The van der Waals surface area contributed by atoms with Gasteiger partial charge in [-0.25, -0.2) is 0 Å². The zero-order valence-electron chi connectivity index (χ0n) is 10.0. The van der Waals surface area contributed by atoms with Crippen molar-refractivity contribution in [2.45, 2.75) is 12.1 Å². The summed E-state index contributed by atoms with van der Waals surface area (Å²) in [4.78, 5) is 11.7. The van der Waals surface area contributed by atoms with Crippen molar-refractivity contribution in [3.63, 3.8) is 0 Å². The van der Waals surface area contributed by atoms with Crippen molar-refractivity contribution in [3.8, 4) is 0 Å². The van der Waals surface area contributed by atoms with Gasteiger partial charge >= 0.3 is 0 Å². The number of hydrogen-bond donors (Lipinski definition) is 2. The average Bonchev–Trinajstić information content (AvgIpc) is 2.76. The van der Waals surface area contributed by atoms with E-state index in [-0.39, 0.29) is 11.7 Å². The number of aryl methyl sites for hydroxylation is 1. The van der Waals surface area contributed by atoms with Crippen LogP contribution >= 0.6 is 23.4 Å². The van der Waals surface area contributed by atoms with E-state index >= 15 is 0 Å². The van der Waals surface area contributed by atoms with Gasteiger partial charge in [-0.15, -0.1) is 10.2 Å². The fourth-order valence-electron chi connectivity index (χ4n) is 1.28. The largest absolute Gasteiger partial charge is 0.416 e. The lowest BCUT2D eigenvalue weighted by molar-refractivity contribution is -0.113. The molecule has 3 N–H and O–H groups in total. The number of carbonyl (C=O) groups is 1. The Balaban J connectivity index is 1.90. The van der Waals surface area contributed by atoms with Crippen molar-refractivity contribution in [1.82, 2.24) is 10.2 Å². The fourth-order valence-corrected chi connectivity index (χ4v) is 2.12. The molecule has 0 radical (unpaired) electrons. The highest BCUT2D eigenvalue weighted by atomic mass is 35.5. The molecule has 1 aromatic carbocycles. The predicted octanol–water partition coefficient (Wildman–Crippen LogP) is 2.34. The van der Waals surface area contributed by atoms with Crippen LogP contribution in [0.5, 0.6) is 0 Å². The zero-order chi connectivity index (χ0) is 13.8. The Labute approximate surface area is 118 Å². The summed E-state index contributed by atoms with van der Waals surface area (Å²) in [6, 6.07) is 4.89. The summed E-state index contributed by atoms with van der Waals surface area (Å²) in [7, 11) is 0. The summed E-state index contributed by atoms with van der Waals surface area (Å²) in [6.45, 7) is 1.69. The second-order valence-electron chi connectivity index (χ2n) is 3.66. The molecule has 6 nitrogen and oxygen atoms in total. The van der Waals surface area contributed by atoms with Gasteiger partial charge in [-0.1, -0.05) is 23.4 Å². The Bertz CT molecular complexity index is 602. The smallest absolute Gasteiger partial charge is 0.277 e. The molecule has 1 aromatic heterocycles. The third kappa shape index (κ3) is 3.87. The van der Waals surface area contributed by atoms with Gasteiger partial charge in [-0.2, -0.15) is 0 Å². The highest BCUT2D eigenvalue weighted by molar-refractivity contribution is 7.99. The molecule has 0 atom stereocenters. The van der Waals surface area contributed by atoms with Gasteiger partial charge in [0.2, 0.25) is 11.8 Å². The lowest BCUT2D eigenvalue weighted by atomic mass is 10.3. The summed E-state index contributed by atoms with van der Waals surface area (Å²) in [5.41, 5.74) is 6.62. The Morgan fingerprint density at radius 2 is 2.32 bits per heavy atom. The molecule has 2 aromatic rings. The molecule has 0 aliphatic rings. The van der Waals surface area contributed by atoms with E-state index in [1.54, 1.807) is 25.1 Å². The van der Waals surface area contributed by atoms with Crippen molar-refractivity contribution in [2.75, 3.05) is 16.8 Å². The molecule has 0 fully saturated rings. The quantitative estimate of drug-likeness (QED) is 0.664.